The number of nitrogens with two attached hydrogens (primary N) is 2. The minimum absolute atomic E-state index is 0.0799. The first kappa shape index (κ1) is 20.1. The van der Waals surface area contributed by atoms with E-state index in [0.29, 0.717) is 28.9 Å². The quantitative estimate of drug-likeness (QED) is 0.514. The number of anilines is 1. The van der Waals surface area contributed by atoms with Gasteiger partial charge in [0.05, 0.1) is 0 Å². The Hall–Kier alpha value is -2.22. The normalized spacial score (nSPS) is 15.5. The second-order valence-corrected chi connectivity index (χ2v) is 6.75. The van der Waals surface area contributed by atoms with Crippen molar-refractivity contribution in [1.29, 1.82) is 5.41 Å². The summed E-state index contributed by atoms with van der Waals surface area (Å²) < 4.78 is 37.6. The predicted molar refractivity (Wildman–Crippen MR) is 94.7 cm³/mol. The molecule has 5 N–H and O–H groups in total. The summed E-state index contributed by atoms with van der Waals surface area (Å²) in [6, 6.07) is 4.82. The summed E-state index contributed by atoms with van der Waals surface area (Å²) in [5.74, 6) is -0.555. The zero-order valence-electron chi connectivity index (χ0n) is 13.9. The molecule has 0 aromatic heterocycles. The minimum Gasteiger partial charge on any atom is -0.399 e. The maximum Gasteiger partial charge on any atom is 0.430 e. The van der Waals surface area contributed by atoms with E-state index in [-0.39, 0.29) is 12.5 Å². The van der Waals surface area contributed by atoms with Crippen molar-refractivity contribution >= 4 is 28.9 Å². The van der Waals surface area contributed by atoms with Crippen LogP contribution in [0.1, 0.15) is 24.8 Å². The van der Waals surface area contributed by atoms with Gasteiger partial charge in [-0.2, -0.15) is 13.2 Å². The molecule has 142 valence electrons. The summed E-state index contributed by atoms with van der Waals surface area (Å²) in [5, 5.41) is 8.06. The van der Waals surface area contributed by atoms with Crippen LogP contribution < -0.4 is 11.5 Å². The molecule has 0 atom stereocenters. The number of amides is 1. The van der Waals surface area contributed by atoms with E-state index < -0.39 is 23.5 Å². The van der Waals surface area contributed by atoms with E-state index in [4.69, 9.17) is 28.5 Å². The van der Waals surface area contributed by atoms with Crippen LogP contribution >= 0.6 is 11.6 Å². The number of hydrogen-bond acceptors (Lipinski definition) is 4. The molecule has 1 aromatic carbocycles. The topological polar surface area (TPSA) is 96.2 Å². The van der Waals surface area contributed by atoms with Crippen LogP contribution in [0.5, 0.6) is 0 Å². The van der Waals surface area contributed by atoms with Crippen molar-refractivity contribution < 1.29 is 18.0 Å². The molecule has 9 heteroatoms. The van der Waals surface area contributed by atoms with Crippen LogP contribution in [-0.4, -0.2) is 29.2 Å². The highest BCUT2D eigenvalue weighted by atomic mass is 35.5. The van der Waals surface area contributed by atoms with Gasteiger partial charge < -0.3 is 16.4 Å². The molecule has 5 nitrogen and oxygen atoms in total. The molecule has 0 radical (unpaired) electrons. The van der Waals surface area contributed by atoms with E-state index in [0.717, 1.165) is 19.3 Å². The average molecular weight is 389 g/mol. The Morgan fingerprint density at radius 3 is 2.54 bits per heavy atom. The Labute approximate surface area is 154 Å². The first-order valence-electron chi connectivity index (χ1n) is 8.04. The van der Waals surface area contributed by atoms with Crippen LogP contribution in [0, 0.1) is 11.3 Å². The summed E-state index contributed by atoms with van der Waals surface area (Å²) in [6.45, 7) is 0.429. The smallest absolute Gasteiger partial charge is 0.399 e. The lowest BCUT2D eigenvalue weighted by atomic mass is 9.85. The van der Waals surface area contributed by atoms with Crippen LogP contribution in [0.2, 0.25) is 5.02 Å². The zero-order valence-corrected chi connectivity index (χ0v) is 14.7. The third-order valence-corrected chi connectivity index (χ3v) is 4.64. The van der Waals surface area contributed by atoms with E-state index in [9.17, 15) is 18.0 Å². The second kappa shape index (κ2) is 7.99. The summed E-state index contributed by atoms with van der Waals surface area (Å²) >= 11 is 6.13. The molecule has 0 aliphatic heterocycles. The molecule has 2 rings (SSSR count). The molecule has 1 aromatic rings. The van der Waals surface area contributed by atoms with Crippen molar-refractivity contribution in [1.82, 2.24) is 4.90 Å². The van der Waals surface area contributed by atoms with Gasteiger partial charge in [0.1, 0.15) is 11.4 Å². The lowest BCUT2D eigenvalue weighted by Gasteiger charge is -2.32. The van der Waals surface area contributed by atoms with Crippen LogP contribution in [0.4, 0.5) is 18.9 Å². The van der Waals surface area contributed by atoms with Crippen LogP contribution in [0.25, 0.3) is 0 Å². The van der Waals surface area contributed by atoms with E-state index in [1.165, 1.54) is 11.0 Å². The molecule has 0 bridgehead atoms. The lowest BCUT2D eigenvalue weighted by Crippen LogP contribution is -2.40. The van der Waals surface area contributed by atoms with E-state index in [2.05, 4.69) is 0 Å². The number of hydrogen-bond donors (Lipinski definition) is 3. The van der Waals surface area contributed by atoms with Gasteiger partial charge in [-0.05, 0) is 42.5 Å². The average Bonchev–Trinajstić information content (AvgIpc) is 2.49. The number of benzene rings is 1. The largest absolute Gasteiger partial charge is 0.430 e. The number of allylic oxidation sites excluding steroid dienone is 1. The molecule has 1 aliphatic carbocycles. The molecule has 0 saturated heterocycles. The van der Waals surface area contributed by atoms with Crippen molar-refractivity contribution in [3.8, 4) is 0 Å². The third-order valence-electron chi connectivity index (χ3n) is 4.29. The van der Waals surface area contributed by atoms with Crippen molar-refractivity contribution in [3.05, 3.63) is 40.6 Å². The molecule has 1 saturated carbocycles. The molecule has 1 aliphatic rings. The fraction of sp³-hybridized carbons (Fsp3) is 0.412. The SMILES string of the molecule is N=C(C=C(N)C(F)(F)F)C(=O)N(Cc1ccc(N)cc1Cl)CC1CCC1. The van der Waals surface area contributed by atoms with Gasteiger partial charge in [0.25, 0.3) is 5.91 Å². The van der Waals surface area contributed by atoms with Gasteiger partial charge in [-0.15, -0.1) is 0 Å². The Bertz CT molecular complexity index is 729. The predicted octanol–water partition coefficient (Wildman–Crippen LogP) is 3.48. The van der Waals surface area contributed by atoms with Crippen LogP contribution in [0.3, 0.4) is 0 Å². The van der Waals surface area contributed by atoms with Crippen molar-refractivity contribution in [2.45, 2.75) is 32.0 Å². The molecule has 0 unspecified atom stereocenters. The number of halogens is 4. The number of rotatable bonds is 6. The van der Waals surface area contributed by atoms with Gasteiger partial charge in [-0.3, -0.25) is 10.2 Å². The number of nitrogens with one attached hydrogen (secondary N) is 1. The first-order valence-corrected chi connectivity index (χ1v) is 8.42. The number of nitrogen functional groups attached to an aromatic ring is 1. The van der Waals surface area contributed by atoms with Gasteiger partial charge in [-0.1, -0.05) is 24.1 Å². The lowest BCUT2D eigenvalue weighted by molar-refractivity contribution is -0.125. The van der Waals surface area contributed by atoms with Gasteiger partial charge in [0.15, 0.2) is 0 Å². The minimum atomic E-state index is -4.79. The highest BCUT2D eigenvalue weighted by Gasteiger charge is 2.33. The van der Waals surface area contributed by atoms with E-state index in [1.54, 1.807) is 12.1 Å². The van der Waals surface area contributed by atoms with Crippen LogP contribution in [0.15, 0.2) is 30.0 Å². The molecule has 1 amide bonds. The number of nitrogens with zero attached hydrogens (tertiary/aromatic N) is 1. The summed E-state index contributed by atoms with van der Waals surface area (Å²) in [4.78, 5) is 13.9. The van der Waals surface area contributed by atoms with Gasteiger partial charge in [0, 0.05) is 23.8 Å². The number of carbonyl (C=O) groups excluding carboxylic acids is 1. The standard InChI is InChI=1S/C17H20ClF3N4O/c18-13-6-12(22)5-4-11(13)9-25(8-10-2-1-3-10)16(26)14(23)7-15(24)17(19,20)21/h4-7,10,23H,1-3,8-9,22,24H2. The summed E-state index contributed by atoms with van der Waals surface area (Å²) in [6.07, 6.45) is -1.51. The summed E-state index contributed by atoms with van der Waals surface area (Å²) in [5.41, 5.74) is 9.33. The maximum atomic E-state index is 12.5. The Morgan fingerprint density at radius 1 is 1.38 bits per heavy atom. The molecule has 0 spiro atoms. The Morgan fingerprint density at radius 2 is 2.04 bits per heavy atom. The second-order valence-electron chi connectivity index (χ2n) is 6.34. The maximum absolute atomic E-state index is 12.5. The Kier molecular flexibility index (Phi) is 6.17. The number of carbonyl (C=O) groups is 1. The van der Waals surface area contributed by atoms with Gasteiger partial charge in [-0.25, -0.2) is 0 Å². The van der Waals surface area contributed by atoms with E-state index in [1.807, 2.05) is 0 Å². The van der Waals surface area contributed by atoms with Crippen molar-refractivity contribution in [3.63, 3.8) is 0 Å². The van der Waals surface area contributed by atoms with Crippen molar-refractivity contribution in [2.75, 3.05) is 12.3 Å². The fourth-order valence-electron chi connectivity index (χ4n) is 2.57. The molecule has 1 fully saturated rings. The fourth-order valence-corrected chi connectivity index (χ4v) is 2.82. The van der Waals surface area contributed by atoms with Gasteiger partial charge >= 0.3 is 6.18 Å². The zero-order chi connectivity index (χ0) is 19.5. The monoisotopic (exact) mass is 388 g/mol. The summed E-state index contributed by atoms with van der Waals surface area (Å²) in [7, 11) is 0. The first-order chi connectivity index (χ1) is 12.1. The molecule has 26 heavy (non-hydrogen) atoms. The van der Waals surface area contributed by atoms with Gasteiger partial charge in [0.2, 0.25) is 0 Å². The number of alkyl halides is 3. The highest BCUT2D eigenvalue weighted by molar-refractivity contribution is 6.42. The van der Waals surface area contributed by atoms with E-state index >= 15 is 0 Å². The third kappa shape index (κ3) is 5.14. The molecule has 0 heterocycles. The highest BCUT2D eigenvalue weighted by Crippen LogP contribution is 2.29. The molecular weight excluding hydrogens is 369 g/mol. The van der Waals surface area contributed by atoms with Crippen LogP contribution in [-0.2, 0) is 11.3 Å². The Balaban J connectivity index is 2.20. The van der Waals surface area contributed by atoms with Crippen molar-refractivity contribution in [2.24, 2.45) is 11.7 Å². The molecular formula is C17H20ClF3N4O.